The fourth-order valence-corrected chi connectivity index (χ4v) is 3.64. The lowest BCUT2D eigenvalue weighted by atomic mass is 10.0. The van der Waals surface area contributed by atoms with Gasteiger partial charge in [-0.2, -0.15) is 0 Å². The summed E-state index contributed by atoms with van der Waals surface area (Å²) in [6, 6.07) is 0. The number of hydrogen-bond donors (Lipinski definition) is 0. The highest BCUT2D eigenvalue weighted by atomic mass is 32.2. The highest BCUT2D eigenvalue weighted by Crippen LogP contribution is 2.19. The van der Waals surface area contributed by atoms with Crippen molar-refractivity contribution in [3.8, 4) is 0 Å². The van der Waals surface area contributed by atoms with E-state index < -0.39 is 10.0 Å². The first kappa shape index (κ1) is 12.6. The van der Waals surface area contributed by atoms with Gasteiger partial charge < -0.3 is 4.79 Å². The van der Waals surface area contributed by atoms with E-state index in [9.17, 15) is 13.2 Å². The molecule has 4 nitrogen and oxygen atoms in total. The molecule has 0 aliphatic carbocycles. The average molecular weight is 233 g/mol. The van der Waals surface area contributed by atoms with Crippen molar-refractivity contribution in [3.63, 3.8) is 0 Å². The second-order valence-corrected chi connectivity index (χ2v) is 6.56. The van der Waals surface area contributed by atoms with Crippen molar-refractivity contribution < 1.29 is 13.2 Å². The molecule has 0 amide bonds. The van der Waals surface area contributed by atoms with Gasteiger partial charge in [0, 0.05) is 19.0 Å². The van der Waals surface area contributed by atoms with Crippen molar-refractivity contribution >= 4 is 16.3 Å². The van der Waals surface area contributed by atoms with E-state index in [1.165, 1.54) is 4.31 Å². The molecule has 1 heterocycles. The predicted octanol–water partition coefficient (Wildman–Crippen LogP) is 0.883. The van der Waals surface area contributed by atoms with Crippen LogP contribution >= 0.6 is 0 Å². The molecule has 0 radical (unpaired) electrons. The Morgan fingerprint density at radius 3 is 2.27 bits per heavy atom. The third-order valence-corrected chi connectivity index (χ3v) is 4.87. The van der Waals surface area contributed by atoms with Crippen LogP contribution in [0.1, 0.15) is 26.7 Å². The van der Waals surface area contributed by atoms with Crippen molar-refractivity contribution in [2.75, 3.05) is 18.8 Å². The van der Waals surface area contributed by atoms with Gasteiger partial charge in [0.15, 0.2) is 0 Å². The van der Waals surface area contributed by atoms with Crippen LogP contribution in [0.25, 0.3) is 0 Å². The molecule has 0 atom stereocenters. The third-order valence-electron chi connectivity index (χ3n) is 2.63. The highest BCUT2D eigenvalue weighted by Gasteiger charge is 2.27. The number of nitrogens with zero attached hydrogens (tertiary/aromatic N) is 1. The first-order valence-corrected chi connectivity index (χ1v) is 6.99. The zero-order valence-electron chi connectivity index (χ0n) is 9.35. The first-order chi connectivity index (χ1) is 6.95. The van der Waals surface area contributed by atoms with Gasteiger partial charge in [-0.15, -0.1) is 0 Å². The van der Waals surface area contributed by atoms with Crippen molar-refractivity contribution in [1.29, 1.82) is 0 Å². The Kier molecular flexibility index (Phi) is 4.28. The number of piperidine rings is 1. The Balaban J connectivity index is 2.55. The van der Waals surface area contributed by atoms with Gasteiger partial charge in [-0.05, 0) is 18.8 Å². The molecule has 0 aromatic carbocycles. The van der Waals surface area contributed by atoms with Crippen LogP contribution in [-0.2, 0) is 14.8 Å². The maximum Gasteiger partial charge on any atom is 0.214 e. The van der Waals surface area contributed by atoms with Crippen molar-refractivity contribution in [2.24, 2.45) is 11.8 Å². The average Bonchev–Trinajstić information content (AvgIpc) is 2.16. The monoisotopic (exact) mass is 233 g/mol. The fraction of sp³-hybridized carbons (Fsp3) is 0.900. The molecule has 0 unspecified atom stereocenters. The summed E-state index contributed by atoms with van der Waals surface area (Å²) >= 11 is 0. The van der Waals surface area contributed by atoms with E-state index in [0.717, 1.165) is 6.29 Å². The van der Waals surface area contributed by atoms with E-state index in [1.807, 2.05) is 13.8 Å². The van der Waals surface area contributed by atoms with Gasteiger partial charge in [0.1, 0.15) is 6.29 Å². The first-order valence-electron chi connectivity index (χ1n) is 5.39. The van der Waals surface area contributed by atoms with Crippen molar-refractivity contribution in [3.05, 3.63) is 0 Å². The number of rotatable bonds is 4. The maximum atomic E-state index is 11.8. The molecule has 0 saturated carbocycles. The van der Waals surface area contributed by atoms with Crippen LogP contribution in [0, 0.1) is 11.8 Å². The molecular formula is C10H19NO3S. The summed E-state index contributed by atoms with van der Waals surface area (Å²) in [6.45, 7) is 4.79. The van der Waals surface area contributed by atoms with E-state index >= 15 is 0 Å². The Morgan fingerprint density at radius 2 is 1.87 bits per heavy atom. The molecule has 1 fully saturated rings. The van der Waals surface area contributed by atoms with Gasteiger partial charge in [0.05, 0.1) is 5.75 Å². The minimum Gasteiger partial charge on any atom is -0.303 e. The highest BCUT2D eigenvalue weighted by molar-refractivity contribution is 7.89. The molecule has 1 aliphatic heterocycles. The van der Waals surface area contributed by atoms with Crippen molar-refractivity contribution in [2.45, 2.75) is 26.7 Å². The zero-order chi connectivity index (χ0) is 11.5. The number of aldehydes is 1. The lowest BCUT2D eigenvalue weighted by molar-refractivity contribution is -0.112. The zero-order valence-corrected chi connectivity index (χ0v) is 10.2. The van der Waals surface area contributed by atoms with Gasteiger partial charge in [-0.25, -0.2) is 12.7 Å². The number of sulfonamides is 1. The summed E-state index contributed by atoms with van der Waals surface area (Å²) in [5.41, 5.74) is 0. The van der Waals surface area contributed by atoms with Gasteiger partial charge in [-0.1, -0.05) is 13.8 Å². The second-order valence-electron chi connectivity index (χ2n) is 4.54. The molecule has 0 aromatic heterocycles. The number of carbonyl (C=O) groups is 1. The smallest absolute Gasteiger partial charge is 0.214 e. The van der Waals surface area contributed by atoms with Gasteiger partial charge in [-0.3, -0.25) is 0 Å². The van der Waals surface area contributed by atoms with Crippen LogP contribution in [0.2, 0.25) is 0 Å². The maximum absolute atomic E-state index is 11.8. The molecule has 0 N–H and O–H groups in total. The van der Waals surface area contributed by atoms with E-state index in [4.69, 9.17) is 0 Å². The SMILES string of the molecule is CC(C)CS(=O)(=O)N1CCC(C=O)CC1. The van der Waals surface area contributed by atoms with Crippen LogP contribution in [-0.4, -0.2) is 37.9 Å². The van der Waals surface area contributed by atoms with Crippen LogP contribution in [0.5, 0.6) is 0 Å². The van der Waals surface area contributed by atoms with E-state index in [-0.39, 0.29) is 17.6 Å². The molecule has 0 aromatic rings. The minimum absolute atomic E-state index is 0.0514. The van der Waals surface area contributed by atoms with Gasteiger partial charge in [0.2, 0.25) is 10.0 Å². The normalized spacial score (nSPS) is 20.7. The van der Waals surface area contributed by atoms with E-state index in [1.54, 1.807) is 0 Å². The van der Waals surface area contributed by atoms with E-state index in [2.05, 4.69) is 0 Å². The van der Waals surface area contributed by atoms with Crippen LogP contribution in [0.3, 0.4) is 0 Å². The molecule has 1 aliphatic rings. The summed E-state index contributed by atoms with van der Waals surface area (Å²) in [5.74, 6) is 0.410. The van der Waals surface area contributed by atoms with Gasteiger partial charge >= 0.3 is 0 Å². The Labute approximate surface area is 91.7 Å². The standard InChI is InChI=1S/C10H19NO3S/c1-9(2)8-15(13,14)11-5-3-10(7-12)4-6-11/h7,9-10H,3-6,8H2,1-2H3. The van der Waals surface area contributed by atoms with E-state index in [0.29, 0.717) is 25.9 Å². The molecule has 88 valence electrons. The Morgan fingerprint density at radius 1 is 1.33 bits per heavy atom. The number of carbonyl (C=O) groups excluding carboxylic acids is 1. The summed E-state index contributed by atoms with van der Waals surface area (Å²) in [5, 5.41) is 0. The largest absolute Gasteiger partial charge is 0.303 e. The molecule has 1 rings (SSSR count). The third kappa shape index (κ3) is 3.57. The van der Waals surface area contributed by atoms with Crippen LogP contribution in [0.4, 0.5) is 0 Å². The summed E-state index contributed by atoms with van der Waals surface area (Å²) in [7, 11) is -3.10. The minimum atomic E-state index is -3.10. The quantitative estimate of drug-likeness (QED) is 0.677. The Bertz CT molecular complexity index is 303. The molecular weight excluding hydrogens is 214 g/mol. The molecule has 0 spiro atoms. The van der Waals surface area contributed by atoms with Crippen molar-refractivity contribution in [1.82, 2.24) is 4.31 Å². The molecule has 15 heavy (non-hydrogen) atoms. The molecule has 1 saturated heterocycles. The Hall–Kier alpha value is -0.420. The number of hydrogen-bond acceptors (Lipinski definition) is 3. The predicted molar refractivity (Wildman–Crippen MR) is 59.0 cm³/mol. The summed E-state index contributed by atoms with van der Waals surface area (Å²) < 4.78 is 25.2. The summed E-state index contributed by atoms with van der Waals surface area (Å²) in [6.07, 6.45) is 2.27. The van der Waals surface area contributed by atoms with Crippen LogP contribution < -0.4 is 0 Å². The molecule has 5 heteroatoms. The lowest BCUT2D eigenvalue weighted by Gasteiger charge is -2.29. The van der Waals surface area contributed by atoms with Gasteiger partial charge in [0.25, 0.3) is 0 Å². The summed E-state index contributed by atoms with van der Waals surface area (Å²) in [4.78, 5) is 10.5. The van der Waals surface area contributed by atoms with Crippen LogP contribution in [0.15, 0.2) is 0 Å². The second kappa shape index (κ2) is 5.07. The molecule has 0 bridgehead atoms. The lowest BCUT2D eigenvalue weighted by Crippen LogP contribution is -2.40. The topological polar surface area (TPSA) is 54.5 Å². The fourth-order valence-electron chi connectivity index (χ4n) is 1.82.